The molecule has 1 aromatic carbocycles. The molecule has 19 heavy (non-hydrogen) atoms. The van der Waals surface area contributed by atoms with Gasteiger partial charge in [0.25, 0.3) is 0 Å². The number of hydrogen-bond donors (Lipinski definition) is 2. The molecule has 1 atom stereocenters. The van der Waals surface area contributed by atoms with Crippen LogP contribution in [0.2, 0.25) is 0 Å². The zero-order valence-corrected chi connectivity index (χ0v) is 10.8. The third-order valence-electron chi connectivity index (χ3n) is 2.95. The Balaban J connectivity index is 1.86. The molecule has 3 aromatic rings. The number of aliphatic hydroxyl groups is 1. The molecule has 0 fully saturated rings. The maximum atomic E-state index is 13.2. The number of aliphatic hydroxyl groups excluding tert-OH is 1. The van der Waals surface area contributed by atoms with E-state index in [0.29, 0.717) is 17.7 Å². The van der Waals surface area contributed by atoms with Gasteiger partial charge in [-0.25, -0.2) is 9.37 Å². The number of nitrogens with two attached hydrogens (primary N) is 1. The standard InChI is InChI=1S/C13H12FN3OS/c14-8-1-2-11(15)10(5-8)12(18)6-9-7-17-3-4-19-13(17)16-9/h1-5,7,12,18H,6,15H2. The molecular formula is C13H12FN3OS. The Bertz CT molecular complexity index is 693. The molecule has 98 valence electrons. The van der Waals surface area contributed by atoms with Gasteiger partial charge < -0.3 is 10.8 Å². The number of aromatic nitrogens is 2. The van der Waals surface area contributed by atoms with Crippen molar-refractivity contribution < 1.29 is 9.50 Å². The van der Waals surface area contributed by atoms with Crippen LogP contribution in [0.4, 0.5) is 10.1 Å². The summed E-state index contributed by atoms with van der Waals surface area (Å²) in [5.74, 6) is -0.408. The number of nitrogen functional groups attached to an aromatic ring is 1. The van der Waals surface area contributed by atoms with Gasteiger partial charge in [0, 0.05) is 35.4 Å². The number of thiazole rings is 1. The van der Waals surface area contributed by atoms with Crippen LogP contribution in [0.3, 0.4) is 0 Å². The van der Waals surface area contributed by atoms with E-state index in [-0.39, 0.29) is 0 Å². The number of nitrogens with zero attached hydrogens (tertiary/aromatic N) is 2. The lowest BCUT2D eigenvalue weighted by Gasteiger charge is -2.12. The van der Waals surface area contributed by atoms with Gasteiger partial charge in [-0.3, -0.25) is 4.40 Å². The van der Waals surface area contributed by atoms with E-state index >= 15 is 0 Å². The first kappa shape index (κ1) is 12.1. The molecule has 3 N–H and O–H groups in total. The highest BCUT2D eigenvalue weighted by Crippen LogP contribution is 2.25. The Morgan fingerprint density at radius 2 is 2.32 bits per heavy atom. The highest BCUT2D eigenvalue weighted by molar-refractivity contribution is 7.15. The molecule has 0 amide bonds. The van der Waals surface area contributed by atoms with E-state index < -0.39 is 11.9 Å². The molecule has 2 heterocycles. The van der Waals surface area contributed by atoms with Crippen molar-refractivity contribution in [1.82, 2.24) is 9.38 Å². The monoisotopic (exact) mass is 277 g/mol. The molecule has 0 aliphatic rings. The van der Waals surface area contributed by atoms with Gasteiger partial charge in [0.15, 0.2) is 4.96 Å². The fraction of sp³-hybridized carbons (Fsp3) is 0.154. The van der Waals surface area contributed by atoms with Gasteiger partial charge in [0.1, 0.15) is 5.82 Å². The Kier molecular flexibility index (Phi) is 2.96. The van der Waals surface area contributed by atoms with Crippen molar-refractivity contribution in [2.24, 2.45) is 0 Å². The summed E-state index contributed by atoms with van der Waals surface area (Å²) in [7, 11) is 0. The molecule has 0 aliphatic carbocycles. The van der Waals surface area contributed by atoms with Crippen molar-refractivity contribution >= 4 is 22.0 Å². The predicted molar refractivity (Wildman–Crippen MR) is 72.5 cm³/mol. The summed E-state index contributed by atoms with van der Waals surface area (Å²) in [5.41, 5.74) is 7.29. The molecule has 0 saturated carbocycles. The van der Waals surface area contributed by atoms with Crippen LogP contribution in [0, 0.1) is 5.82 Å². The van der Waals surface area contributed by atoms with Crippen molar-refractivity contribution in [3.8, 4) is 0 Å². The summed E-state index contributed by atoms with van der Waals surface area (Å²) in [5, 5.41) is 12.1. The van der Waals surface area contributed by atoms with Gasteiger partial charge in [0.05, 0.1) is 11.8 Å². The average Bonchev–Trinajstić information content (AvgIpc) is 2.92. The lowest BCUT2D eigenvalue weighted by molar-refractivity contribution is 0.177. The van der Waals surface area contributed by atoms with E-state index in [2.05, 4.69) is 4.98 Å². The second kappa shape index (κ2) is 4.64. The minimum Gasteiger partial charge on any atom is -0.398 e. The molecule has 3 rings (SSSR count). The summed E-state index contributed by atoms with van der Waals surface area (Å²) < 4.78 is 15.1. The third-order valence-corrected chi connectivity index (χ3v) is 3.72. The summed E-state index contributed by atoms with van der Waals surface area (Å²) in [4.78, 5) is 5.25. The number of halogens is 1. The van der Waals surface area contributed by atoms with Crippen LogP contribution in [-0.2, 0) is 6.42 Å². The zero-order valence-electron chi connectivity index (χ0n) is 9.95. The van der Waals surface area contributed by atoms with Gasteiger partial charge in [-0.15, -0.1) is 11.3 Å². The topological polar surface area (TPSA) is 63.5 Å². The number of anilines is 1. The fourth-order valence-corrected chi connectivity index (χ4v) is 2.74. The second-order valence-electron chi connectivity index (χ2n) is 4.32. The number of benzene rings is 1. The largest absolute Gasteiger partial charge is 0.398 e. The Morgan fingerprint density at radius 3 is 3.11 bits per heavy atom. The van der Waals surface area contributed by atoms with Crippen LogP contribution >= 0.6 is 11.3 Å². The van der Waals surface area contributed by atoms with Gasteiger partial charge in [-0.1, -0.05) is 0 Å². The minimum atomic E-state index is -0.861. The second-order valence-corrected chi connectivity index (χ2v) is 5.19. The smallest absolute Gasteiger partial charge is 0.193 e. The molecule has 4 nitrogen and oxygen atoms in total. The van der Waals surface area contributed by atoms with E-state index in [1.807, 2.05) is 22.2 Å². The zero-order chi connectivity index (χ0) is 13.4. The Morgan fingerprint density at radius 1 is 1.47 bits per heavy atom. The fourth-order valence-electron chi connectivity index (χ4n) is 2.02. The van der Waals surface area contributed by atoms with Gasteiger partial charge in [-0.05, 0) is 18.2 Å². The van der Waals surface area contributed by atoms with E-state index in [4.69, 9.17) is 5.73 Å². The van der Waals surface area contributed by atoms with E-state index in [0.717, 1.165) is 10.7 Å². The van der Waals surface area contributed by atoms with Gasteiger partial charge in [-0.2, -0.15) is 0 Å². The normalized spacial score (nSPS) is 12.9. The van der Waals surface area contributed by atoms with Crippen molar-refractivity contribution in [2.75, 3.05) is 5.73 Å². The highest BCUT2D eigenvalue weighted by atomic mass is 32.1. The number of rotatable bonds is 3. The summed E-state index contributed by atoms with van der Waals surface area (Å²) >= 11 is 1.52. The molecule has 0 spiro atoms. The Labute approximate surface area is 112 Å². The van der Waals surface area contributed by atoms with Crippen molar-refractivity contribution in [3.05, 3.63) is 53.0 Å². The van der Waals surface area contributed by atoms with E-state index in [1.54, 1.807) is 0 Å². The van der Waals surface area contributed by atoms with E-state index in [9.17, 15) is 9.50 Å². The van der Waals surface area contributed by atoms with Crippen LogP contribution in [0.1, 0.15) is 17.4 Å². The molecule has 0 bridgehead atoms. The summed E-state index contributed by atoms with van der Waals surface area (Å²) in [6.45, 7) is 0. The number of imidazole rings is 1. The maximum absolute atomic E-state index is 13.2. The van der Waals surface area contributed by atoms with Gasteiger partial charge in [0.2, 0.25) is 0 Å². The first-order valence-electron chi connectivity index (χ1n) is 5.77. The van der Waals surface area contributed by atoms with Gasteiger partial charge >= 0.3 is 0 Å². The average molecular weight is 277 g/mol. The molecule has 2 aromatic heterocycles. The highest BCUT2D eigenvalue weighted by Gasteiger charge is 2.15. The van der Waals surface area contributed by atoms with Crippen LogP contribution in [0.15, 0.2) is 36.0 Å². The molecule has 0 saturated heterocycles. The summed E-state index contributed by atoms with van der Waals surface area (Å²) in [6.07, 6.45) is 3.20. The molecule has 6 heteroatoms. The van der Waals surface area contributed by atoms with Crippen LogP contribution in [0.25, 0.3) is 4.96 Å². The first-order chi connectivity index (χ1) is 9.13. The third kappa shape index (κ3) is 2.32. The van der Waals surface area contributed by atoms with Crippen molar-refractivity contribution in [3.63, 3.8) is 0 Å². The number of fused-ring (bicyclic) bond motifs is 1. The van der Waals surface area contributed by atoms with Crippen LogP contribution in [0.5, 0.6) is 0 Å². The first-order valence-corrected chi connectivity index (χ1v) is 6.65. The molecule has 0 radical (unpaired) electrons. The number of hydrogen-bond acceptors (Lipinski definition) is 4. The van der Waals surface area contributed by atoms with E-state index in [1.165, 1.54) is 29.5 Å². The van der Waals surface area contributed by atoms with Crippen LogP contribution < -0.4 is 5.73 Å². The van der Waals surface area contributed by atoms with Crippen molar-refractivity contribution in [1.29, 1.82) is 0 Å². The summed E-state index contributed by atoms with van der Waals surface area (Å²) in [6, 6.07) is 4.00. The molecular weight excluding hydrogens is 265 g/mol. The minimum absolute atomic E-state index is 0.308. The Hall–Kier alpha value is -1.92. The van der Waals surface area contributed by atoms with Crippen molar-refractivity contribution in [2.45, 2.75) is 12.5 Å². The lowest BCUT2D eigenvalue weighted by atomic mass is 10.0. The lowest BCUT2D eigenvalue weighted by Crippen LogP contribution is -2.06. The SMILES string of the molecule is Nc1ccc(F)cc1C(O)Cc1cn2ccsc2n1. The quantitative estimate of drug-likeness (QED) is 0.723. The maximum Gasteiger partial charge on any atom is 0.193 e. The van der Waals surface area contributed by atoms with Crippen LogP contribution in [-0.4, -0.2) is 14.5 Å². The predicted octanol–water partition coefficient (Wildman–Crippen LogP) is 2.39. The molecule has 1 unspecified atom stereocenters. The molecule has 0 aliphatic heterocycles.